The Labute approximate surface area is 146 Å². The Balaban J connectivity index is 2.17. The summed E-state index contributed by atoms with van der Waals surface area (Å²) in [6, 6.07) is 7.72. The van der Waals surface area contributed by atoms with Crippen molar-refractivity contribution in [1.82, 2.24) is 4.98 Å². The van der Waals surface area contributed by atoms with Crippen LogP contribution in [0.4, 0.5) is 15.8 Å². The molecular weight excluding hydrogens is 329 g/mol. The van der Waals surface area contributed by atoms with Gasteiger partial charge < -0.3 is 10.2 Å². The minimum Gasteiger partial charge on any atom is -0.371 e. The number of benzene rings is 1. The average Bonchev–Trinajstić information content (AvgIpc) is 2.58. The van der Waals surface area contributed by atoms with E-state index in [-0.39, 0.29) is 10.9 Å². The van der Waals surface area contributed by atoms with Crippen molar-refractivity contribution in [2.24, 2.45) is 0 Å². The summed E-state index contributed by atoms with van der Waals surface area (Å²) in [7, 11) is 0. The third kappa shape index (κ3) is 4.68. The number of pyridine rings is 1. The number of carbonyl (C=O) groups excluding carboxylic acids is 1. The summed E-state index contributed by atoms with van der Waals surface area (Å²) in [5.41, 5.74) is 1.71. The fourth-order valence-electron chi connectivity index (χ4n) is 2.42. The van der Waals surface area contributed by atoms with Gasteiger partial charge in [-0.15, -0.1) is 0 Å². The molecule has 0 bridgehead atoms. The Kier molecular flexibility index (Phi) is 6.55. The molecule has 1 N–H and O–H groups in total. The van der Waals surface area contributed by atoms with E-state index in [1.54, 1.807) is 12.3 Å². The molecule has 0 aliphatic rings. The Hall–Kier alpha value is -2.14. The largest absolute Gasteiger partial charge is 0.371 e. The van der Waals surface area contributed by atoms with E-state index in [2.05, 4.69) is 29.0 Å². The Morgan fingerprint density at radius 1 is 1.21 bits per heavy atom. The molecule has 0 aliphatic carbocycles. The maximum atomic E-state index is 13.2. The molecular formula is C18H21ClFN3O. The predicted molar refractivity (Wildman–Crippen MR) is 96.4 cm³/mol. The van der Waals surface area contributed by atoms with Crippen LogP contribution in [0.2, 0.25) is 5.02 Å². The maximum Gasteiger partial charge on any atom is 0.274 e. The van der Waals surface area contributed by atoms with Crippen LogP contribution in [0.15, 0.2) is 36.5 Å². The number of rotatable bonds is 7. The van der Waals surface area contributed by atoms with Crippen molar-refractivity contribution in [3.05, 3.63) is 53.1 Å². The number of amides is 1. The summed E-state index contributed by atoms with van der Waals surface area (Å²) < 4.78 is 13.2. The first kappa shape index (κ1) is 18.2. The van der Waals surface area contributed by atoms with Gasteiger partial charge in [0.05, 0.1) is 5.02 Å². The molecule has 0 radical (unpaired) electrons. The molecule has 4 nitrogen and oxygen atoms in total. The lowest BCUT2D eigenvalue weighted by Crippen LogP contribution is -2.25. The van der Waals surface area contributed by atoms with Gasteiger partial charge in [-0.3, -0.25) is 9.78 Å². The lowest BCUT2D eigenvalue weighted by atomic mass is 10.2. The zero-order valence-corrected chi connectivity index (χ0v) is 14.6. The van der Waals surface area contributed by atoms with Crippen LogP contribution < -0.4 is 10.2 Å². The van der Waals surface area contributed by atoms with Gasteiger partial charge in [-0.2, -0.15) is 0 Å². The minimum absolute atomic E-state index is 0.0356. The summed E-state index contributed by atoms with van der Waals surface area (Å²) in [6.45, 7) is 6.09. The normalized spacial score (nSPS) is 10.5. The van der Waals surface area contributed by atoms with Crippen LogP contribution >= 0.6 is 11.6 Å². The molecule has 1 heterocycles. The summed E-state index contributed by atoms with van der Waals surface area (Å²) in [6.07, 6.45) is 3.68. The van der Waals surface area contributed by atoms with E-state index >= 15 is 0 Å². The predicted octanol–water partition coefficient (Wildman–Crippen LogP) is 4.75. The second kappa shape index (κ2) is 8.64. The molecule has 0 saturated carbocycles. The van der Waals surface area contributed by atoms with Crippen molar-refractivity contribution in [1.29, 1.82) is 0 Å². The highest BCUT2D eigenvalue weighted by atomic mass is 35.5. The molecule has 2 aromatic rings. The number of hydrogen-bond acceptors (Lipinski definition) is 3. The van der Waals surface area contributed by atoms with Crippen LogP contribution in [0.5, 0.6) is 0 Å². The quantitative estimate of drug-likeness (QED) is 0.784. The van der Waals surface area contributed by atoms with Gasteiger partial charge in [0.25, 0.3) is 5.91 Å². The fourth-order valence-corrected chi connectivity index (χ4v) is 2.60. The molecule has 0 saturated heterocycles. The van der Waals surface area contributed by atoms with E-state index in [4.69, 9.17) is 11.6 Å². The summed E-state index contributed by atoms with van der Waals surface area (Å²) in [4.78, 5) is 18.7. The van der Waals surface area contributed by atoms with Gasteiger partial charge >= 0.3 is 0 Å². The molecule has 0 atom stereocenters. The molecule has 0 aliphatic heterocycles. The van der Waals surface area contributed by atoms with Gasteiger partial charge in [-0.1, -0.05) is 25.4 Å². The Morgan fingerprint density at radius 2 is 1.92 bits per heavy atom. The third-order valence-corrected chi connectivity index (χ3v) is 3.80. The molecule has 6 heteroatoms. The van der Waals surface area contributed by atoms with Gasteiger partial charge in [0.2, 0.25) is 0 Å². The zero-order valence-electron chi connectivity index (χ0n) is 13.9. The van der Waals surface area contributed by atoms with E-state index in [1.165, 1.54) is 18.2 Å². The second-order valence-electron chi connectivity index (χ2n) is 5.47. The van der Waals surface area contributed by atoms with Crippen molar-refractivity contribution in [2.45, 2.75) is 26.7 Å². The molecule has 128 valence electrons. The van der Waals surface area contributed by atoms with Crippen LogP contribution in [0.1, 0.15) is 37.2 Å². The van der Waals surface area contributed by atoms with Crippen molar-refractivity contribution >= 4 is 28.9 Å². The third-order valence-electron chi connectivity index (χ3n) is 3.51. The van der Waals surface area contributed by atoms with E-state index in [0.717, 1.165) is 31.6 Å². The highest BCUT2D eigenvalue weighted by Crippen LogP contribution is 2.21. The molecule has 24 heavy (non-hydrogen) atoms. The summed E-state index contributed by atoms with van der Waals surface area (Å²) in [5, 5.41) is 2.65. The number of anilines is 2. The van der Waals surface area contributed by atoms with E-state index in [1.807, 2.05) is 6.07 Å². The van der Waals surface area contributed by atoms with Crippen LogP contribution in [-0.2, 0) is 0 Å². The first-order valence-corrected chi connectivity index (χ1v) is 8.40. The molecule has 1 aromatic carbocycles. The van der Waals surface area contributed by atoms with Crippen molar-refractivity contribution < 1.29 is 9.18 Å². The van der Waals surface area contributed by atoms with Gasteiger partial charge in [0, 0.05) is 30.7 Å². The fraction of sp³-hybridized carbons (Fsp3) is 0.333. The Bertz CT molecular complexity index is 702. The highest BCUT2D eigenvalue weighted by molar-refractivity contribution is 6.31. The smallest absolute Gasteiger partial charge is 0.274 e. The van der Waals surface area contributed by atoms with Crippen molar-refractivity contribution in [3.63, 3.8) is 0 Å². The lowest BCUT2D eigenvalue weighted by Gasteiger charge is -2.23. The second-order valence-corrected chi connectivity index (χ2v) is 5.88. The standard InChI is InChI=1S/C18H21ClFN3O/c1-3-9-23(10-4-2)14-7-8-21-17(12-14)18(24)22-13-5-6-16(20)15(19)11-13/h5-8,11-12H,3-4,9-10H2,1-2H3,(H,22,24). The van der Waals surface area contributed by atoms with Crippen molar-refractivity contribution in [2.75, 3.05) is 23.3 Å². The molecule has 1 aromatic heterocycles. The van der Waals surface area contributed by atoms with E-state index in [9.17, 15) is 9.18 Å². The minimum atomic E-state index is -0.524. The van der Waals surface area contributed by atoms with E-state index < -0.39 is 5.82 Å². The van der Waals surface area contributed by atoms with Crippen molar-refractivity contribution in [3.8, 4) is 0 Å². The van der Waals surface area contributed by atoms with Crippen LogP contribution in [0.3, 0.4) is 0 Å². The first-order chi connectivity index (χ1) is 11.5. The molecule has 0 spiro atoms. The monoisotopic (exact) mass is 349 g/mol. The highest BCUT2D eigenvalue weighted by Gasteiger charge is 2.12. The topological polar surface area (TPSA) is 45.2 Å². The number of nitrogens with one attached hydrogen (secondary N) is 1. The van der Waals surface area contributed by atoms with E-state index in [0.29, 0.717) is 11.4 Å². The molecule has 2 rings (SSSR count). The zero-order chi connectivity index (χ0) is 17.5. The van der Waals surface area contributed by atoms with Gasteiger partial charge in [0.15, 0.2) is 0 Å². The Morgan fingerprint density at radius 3 is 2.54 bits per heavy atom. The summed E-state index contributed by atoms with van der Waals surface area (Å²) >= 11 is 5.73. The van der Waals surface area contributed by atoms with Crippen LogP contribution in [-0.4, -0.2) is 24.0 Å². The molecule has 0 unspecified atom stereocenters. The molecule has 0 fully saturated rings. The van der Waals surface area contributed by atoms with Gasteiger partial charge in [-0.25, -0.2) is 4.39 Å². The lowest BCUT2D eigenvalue weighted by molar-refractivity contribution is 0.102. The van der Waals surface area contributed by atoms with Crippen LogP contribution in [0, 0.1) is 5.82 Å². The number of carbonyl (C=O) groups is 1. The SMILES string of the molecule is CCCN(CCC)c1ccnc(C(=O)Nc2ccc(F)c(Cl)c2)c1. The maximum absolute atomic E-state index is 13.2. The summed E-state index contributed by atoms with van der Waals surface area (Å²) in [5.74, 6) is -0.878. The number of hydrogen-bond donors (Lipinski definition) is 1. The number of halogens is 2. The van der Waals surface area contributed by atoms with Gasteiger partial charge in [-0.05, 0) is 43.2 Å². The first-order valence-electron chi connectivity index (χ1n) is 8.02. The number of aromatic nitrogens is 1. The number of nitrogens with zero attached hydrogens (tertiary/aromatic N) is 2. The van der Waals surface area contributed by atoms with Crippen LogP contribution in [0.25, 0.3) is 0 Å². The molecule has 1 amide bonds. The van der Waals surface area contributed by atoms with Gasteiger partial charge in [0.1, 0.15) is 11.5 Å². The average molecular weight is 350 g/mol.